The molecule has 0 radical (unpaired) electrons. The number of nitrogens with two attached hydrogens (primary N) is 1. The molecular weight excluding hydrogens is 224 g/mol. The van der Waals surface area contributed by atoms with Crippen LogP contribution in [0.15, 0.2) is 0 Å². The second-order valence-corrected chi connectivity index (χ2v) is 5.85. The first-order chi connectivity index (χ1) is 8.36. The van der Waals surface area contributed by atoms with Crippen LogP contribution in [-0.2, 0) is 13.5 Å². The predicted octanol–water partition coefficient (Wildman–Crippen LogP) is 2.68. The maximum atomic E-state index is 6.24. The summed E-state index contributed by atoms with van der Waals surface area (Å²) < 4.78 is 1.93. The smallest absolute Gasteiger partial charge is 0.150 e. The molecule has 0 aliphatic carbocycles. The molecule has 0 fully saturated rings. The van der Waals surface area contributed by atoms with E-state index in [4.69, 9.17) is 5.73 Å². The molecule has 0 amide bonds. The fourth-order valence-corrected chi connectivity index (χ4v) is 2.35. The molecule has 1 aromatic heterocycles. The zero-order valence-electron chi connectivity index (χ0n) is 12.7. The van der Waals surface area contributed by atoms with Crippen molar-refractivity contribution in [3.8, 4) is 0 Å². The van der Waals surface area contributed by atoms with Crippen LogP contribution in [0, 0.1) is 11.8 Å². The zero-order valence-corrected chi connectivity index (χ0v) is 12.7. The van der Waals surface area contributed by atoms with E-state index in [1.54, 1.807) is 0 Å². The minimum Gasteiger partial charge on any atom is -0.394 e. The van der Waals surface area contributed by atoms with Crippen LogP contribution < -0.4 is 10.6 Å². The summed E-state index contributed by atoms with van der Waals surface area (Å²) in [5, 5.41) is 4.51. The Morgan fingerprint density at radius 2 is 1.67 bits per heavy atom. The molecule has 0 saturated heterocycles. The molecule has 0 saturated carbocycles. The summed E-state index contributed by atoms with van der Waals surface area (Å²) in [6.45, 7) is 13.1. The van der Waals surface area contributed by atoms with Crippen molar-refractivity contribution in [2.24, 2.45) is 18.9 Å². The van der Waals surface area contributed by atoms with Gasteiger partial charge in [-0.25, -0.2) is 0 Å². The van der Waals surface area contributed by atoms with Gasteiger partial charge in [0.2, 0.25) is 0 Å². The van der Waals surface area contributed by atoms with Crippen molar-refractivity contribution in [3.05, 3.63) is 5.69 Å². The highest BCUT2D eigenvalue weighted by molar-refractivity contribution is 5.66. The lowest BCUT2D eigenvalue weighted by atomic mass is 10.1. The van der Waals surface area contributed by atoms with Crippen molar-refractivity contribution in [2.75, 3.05) is 23.7 Å². The van der Waals surface area contributed by atoms with Crippen molar-refractivity contribution in [3.63, 3.8) is 0 Å². The minimum absolute atomic E-state index is 0.614. The van der Waals surface area contributed by atoms with E-state index in [0.29, 0.717) is 11.8 Å². The zero-order chi connectivity index (χ0) is 13.9. The summed E-state index contributed by atoms with van der Waals surface area (Å²) in [7, 11) is 1.98. The van der Waals surface area contributed by atoms with E-state index in [9.17, 15) is 0 Å². The van der Waals surface area contributed by atoms with Gasteiger partial charge in [0.05, 0.1) is 11.4 Å². The Bertz CT molecular complexity index is 369. The molecule has 0 bridgehead atoms. The average Bonchev–Trinajstić information content (AvgIpc) is 2.51. The Labute approximate surface area is 111 Å². The van der Waals surface area contributed by atoms with E-state index in [1.165, 1.54) is 0 Å². The van der Waals surface area contributed by atoms with Crippen LogP contribution in [-0.4, -0.2) is 22.9 Å². The first-order valence-electron chi connectivity index (χ1n) is 6.93. The standard InChI is InChI=1S/C14H28N4/c1-7-12-13(15)14(17(6)16-12)18(8-10(2)3)9-11(4)5/h10-11H,7-9,15H2,1-6H3. The number of aromatic nitrogens is 2. The molecule has 0 spiro atoms. The molecule has 0 atom stereocenters. The molecule has 0 unspecified atom stereocenters. The van der Waals surface area contributed by atoms with Crippen molar-refractivity contribution in [1.82, 2.24) is 9.78 Å². The van der Waals surface area contributed by atoms with E-state index in [-0.39, 0.29) is 0 Å². The largest absolute Gasteiger partial charge is 0.394 e. The third-order valence-corrected chi connectivity index (χ3v) is 2.93. The van der Waals surface area contributed by atoms with Crippen LogP contribution in [0.25, 0.3) is 0 Å². The maximum absolute atomic E-state index is 6.24. The van der Waals surface area contributed by atoms with Gasteiger partial charge in [-0.05, 0) is 18.3 Å². The van der Waals surface area contributed by atoms with E-state index >= 15 is 0 Å². The molecule has 0 aliphatic rings. The van der Waals surface area contributed by atoms with Crippen molar-refractivity contribution in [1.29, 1.82) is 0 Å². The summed E-state index contributed by atoms with van der Waals surface area (Å²) in [4.78, 5) is 2.37. The fourth-order valence-electron chi connectivity index (χ4n) is 2.35. The Morgan fingerprint density at radius 3 is 2.00 bits per heavy atom. The van der Waals surface area contributed by atoms with E-state index in [1.807, 2.05) is 11.7 Å². The molecule has 1 heterocycles. The lowest BCUT2D eigenvalue weighted by Gasteiger charge is -2.28. The van der Waals surface area contributed by atoms with Gasteiger partial charge in [-0.2, -0.15) is 5.10 Å². The first kappa shape index (κ1) is 14.9. The molecule has 4 nitrogen and oxygen atoms in total. The van der Waals surface area contributed by atoms with Crippen molar-refractivity contribution in [2.45, 2.75) is 41.0 Å². The number of hydrogen-bond acceptors (Lipinski definition) is 3. The topological polar surface area (TPSA) is 47.1 Å². The summed E-state index contributed by atoms with van der Waals surface area (Å²) in [6, 6.07) is 0. The van der Waals surface area contributed by atoms with Crippen LogP contribution >= 0.6 is 0 Å². The molecule has 4 heteroatoms. The van der Waals surface area contributed by atoms with Crippen LogP contribution in [0.1, 0.15) is 40.3 Å². The fraction of sp³-hybridized carbons (Fsp3) is 0.786. The average molecular weight is 252 g/mol. The number of nitrogen functional groups attached to an aromatic ring is 1. The monoisotopic (exact) mass is 252 g/mol. The molecule has 0 aromatic carbocycles. The Morgan fingerprint density at radius 1 is 1.17 bits per heavy atom. The summed E-state index contributed by atoms with van der Waals surface area (Å²) >= 11 is 0. The number of hydrogen-bond donors (Lipinski definition) is 1. The van der Waals surface area contributed by atoms with Gasteiger partial charge in [0, 0.05) is 20.1 Å². The van der Waals surface area contributed by atoms with Gasteiger partial charge in [-0.3, -0.25) is 4.68 Å². The first-order valence-corrected chi connectivity index (χ1v) is 6.93. The SMILES string of the molecule is CCc1nn(C)c(N(CC(C)C)CC(C)C)c1N. The Hall–Kier alpha value is -1.19. The van der Waals surface area contributed by atoms with Gasteiger partial charge in [0.1, 0.15) is 5.82 Å². The third kappa shape index (κ3) is 3.40. The normalized spacial score (nSPS) is 11.6. The lowest BCUT2D eigenvalue weighted by molar-refractivity contribution is 0.539. The summed E-state index contributed by atoms with van der Waals surface area (Å²) in [6.07, 6.45) is 0.886. The summed E-state index contributed by atoms with van der Waals surface area (Å²) in [5.74, 6) is 2.31. The minimum atomic E-state index is 0.614. The Balaban J connectivity index is 3.07. The van der Waals surface area contributed by atoms with Crippen LogP contribution in [0.3, 0.4) is 0 Å². The molecule has 2 N–H and O–H groups in total. The highest BCUT2D eigenvalue weighted by Crippen LogP contribution is 2.27. The highest BCUT2D eigenvalue weighted by atomic mass is 15.4. The van der Waals surface area contributed by atoms with Gasteiger partial charge in [-0.15, -0.1) is 0 Å². The molecule has 1 aromatic rings. The maximum Gasteiger partial charge on any atom is 0.150 e. The third-order valence-electron chi connectivity index (χ3n) is 2.93. The van der Waals surface area contributed by atoms with E-state index in [2.05, 4.69) is 44.6 Å². The van der Waals surface area contributed by atoms with Crippen molar-refractivity contribution < 1.29 is 0 Å². The Kier molecular flexibility index (Phi) is 5.05. The van der Waals surface area contributed by atoms with Gasteiger partial charge in [0.25, 0.3) is 0 Å². The second kappa shape index (κ2) is 6.12. The van der Waals surface area contributed by atoms with Crippen molar-refractivity contribution >= 4 is 11.5 Å². The summed E-state index contributed by atoms with van der Waals surface area (Å²) in [5.41, 5.74) is 8.10. The molecule has 104 valence electrons. The number of aryl methyl sites for hydroxylation is 2. The molecular formula is C14H28N4. The van der Waals surface area contributed by atoms with Crippen LogP contribution in [0.2, 0.25) is 0 Å². The lowest BCUT2D eigenvalue weighted by Crippen LogP contribution is -2.33. The van der Waals surface area contributed by atoms with E-state index in [0.717, 1.165) is 36.7 Å². The molecule has 0 aliphatic heterocycles. The van der Waals surface area contributed by atoms with Gasteiger partial charge in [-0.1, -0.05) is 34.6 Å². The predicted molar refractivity (Wildman–Crippen MR) is 78.9 cm³/mol. The number of anilines is 2. The number of rotatable bonds is 6. The molecule has 18 heavy (non-hydrogen) atoms. The van der Waals surface area contributed by atoms with Gasteiger partial charge < -0.3 is 10.6 Å². The highest BCUT2D eigenvalue weighted by Gasteiger charge is 2.19. The number of nitrogens with zero attached hydrogens (tertiary/aromatic N) is 3. The quantitative estimate of drug-likeness (QED) is 0.846. The van der Waals surface area contributed by atoms with Crippen LogP contribution in [0.5, 0.6) is 0 Å². The van der Waals surface area contributed by atoms with Gasteiger partial charge >= 0.3 is 0 Å². The molecule has 1 rings (SSSR count). The second-order valence-electron chi connectivity index (χ2n) is 5.85. The van der Waals surface area contributed by atoms with Crippen LogP contribution in [0.4, 0.5) is 11.5 Å². The van der Waals surface area contributed by atoms with E-state index < -0.39 is 0 Å². The van der Waals surface area contributed by atoms with Gasteiger partial charge in [0.15, 0.2) is 0 Å².